The van der Waals surface area contributed by atoms with E-state index in [2.05, 4.69) is 55.4 Å². The van der Waals surface area contributed by atoms with Crippen LogP contribution in [0.25, 0.3) is 10.8 Å². The van der Waals surface area contributed by atoms with Crippen molar-refractivity contribution in [2.75, 3.05) is 0 Å². The lowest BCUT2D eigenvalue weighted by Crippen LogP contribution is -2.03. The highest BCUT2D eigenvalue weighted by molar-refractivity contribution is 5.95. The van der Waals surface area contributed by atoms with Crippen LogP contribution >= 0.6 is 0 Å². The summed E-state index contributed by atoms with van der Waals surface area (Å²) in [4.78, 5) is 0. The van der Waals surface area contributed by atoms with Crippen LogP contribution in [0.2, 0.25) is 0 Å². The Labute approximate surface area is 299 Å². The van der Waals surface area contributed by atoms with Crippen molar-refractivity contribution < 1.29 is 10.2 Å². The van der Waals surface area contributed by atoms with E-state index in [0.29, 0.717) is 17.4 Å². The molecule has 2 heteroatoms. The van der Waals surface area contributed by atoms with E-state index >= 15 is 0 Å². The van der Waals surface area contributed by atoms with Gasteiger partial charge in [-0.15, -0.1) is 0 Å². The molecule has 0 radical (unpaired) electrons. The first-order valence-corrected chi connectivity index (χ1v) is 20.8. The van der Waals surface area contributed by atoms with Crippen LogP contribution < -0.4 is 0 Å². The molecule has 6 atom stereocenters. The fourth-order valence-electron chi connectivity index (χ4n) is 8.09. The van der Waals surface area contributed by atoms with Gasteiger partial charge in [-0.2, -0.15) is 0 Å². The first-order valence-electron chi connectivity index (χ1n) is 20.8. The highest BCUT2D eigenvalue weighted by atomic mass is 16.3. The van der Waals surface area contributed by atoms with Crippen LogP contribution in [-0.2, 0) is 6.42 Å². The van der Waals surface area contributed by atoms with Crippen molar-refractivity contribution in [1.82, 2.24) is 0 Å². The van der Waals surface area contributed by atoms with E-state index in [1.807, 2.05) is 31.2 Å². The Hall–Kier alpha value is -1.70. The lowest BCUT2D eigenvalue weighted by atomic mass is 9.88. The first-order chi connectivity index (χ1) is 22.9. The fraction of sp³-hybridized carbons (Fsp3) is 0.783. The van der Waals surface area contributed by atoms with E-state index in [0.717, 1.165) is 70.2 Å². The quantitative estimate of drug-likeness (QED) is 0.0933. The molecule has 0 aromatic heterocycles. The molecule has 0 aliphatic rings. The summed E-state index contributed by atoms with van der Waals surface area (Å²) in [6.45, 7) is 21.4. The molecular formula is C46H80O2. The van der Waals surface area contributed by atoms with E-state index in [4.69, 9.17) is 0 Å². The van der Waals surface area contributed by atoms with Crippen LogP contribution in [-0.4, -0.2) is 10.2 Å². The highest BCUT2D eigenvalue weighted by Gasteiger charge is 2.17. The molecule has 0 fully saturated rings. The summed E-state index contributed by atoms with van der Waals surface area (Å²) >= 11 is 0. The zero-order chi connectivity index (χ0) is 35.5. The Morgan fingerprint density at radius 3 is 1.04 bits per heavy atom. The van der Waals surface area contributed by atoms with Gasteiger partial charge in [0.1, 0.15) is 11.5 Å². The third kappa shape index (κ3) is 16.8. The Balaban J connectivity index is 1.48. The molecule has 0 saturated heterocycles. The maximum atomic E-state index is 10.9. The van der Waals surface area contributed by atoms with E-state index < -0.39 is 0 Å². The van der Waals surface area contributed by atoms with Crippen molar-refractivity contribution in [2.24, 2.45) is 41.4 Å². The summed E-state index contributed by atoms with van der Waals surface area (Å²) in [7, 11) is 0. The van der Waals surface area contributed by atoms with Gasteiger partial charge in [-0.3, -0.25) is 0 Å². The standard InChI is InChI=1S/C46H80O2/c1-34(2)18-12-19-35(3)20-13-21-36(4)22-14-23-37(5)24-15-25-38(6)26-16-27-39(7)28-17-29-40(8)32-33-42-41(9)45(47)43-30-10-11-31-44(43)46(42)48/h10-11,30-31,34-40,47-48H,12-29,32-33H2,1-9H3. The molecule has 0 bridgehead atoms. The molecular weight excluding hydrogens is 585 g/mol. The lowest BCUT2D eigenvalue weighted by molar-refractivity contribution is 0.356. The van der Waals surface area contributed by atoms with E-state index in [1.165, 1.54) is 116 Å². The monoisotopic (exact) mass is 665 g/mol. The second-order valence-corrected chi connectivity index (χ2v) is 17.5. The van der Waals surface area contributed by atoms with Crippen LogP contribution in [0, 0.1) is 48.3 Å². The van der Waals surface area contributed by atoms with E-state index in [-0.39, 0.29) is 0 Å². The molecule has 0 saturated carbocycles. The lowest BCUT2D eigenvalue weighted by Gasteiger charge is -2.18. The van der Waals surface area contributed by atoms with Gasteiger partial charge in [0, 0.05) is 16.3 Å². The minimum Gasteiger partial charge on any atom is -0.507 e. The van der Waals surface area contributed by atoms with Crippen LogP contribution in [0.1, 0.15) is 189 Å². The zero-order valence-corrected chi connectivity index (χ0v) is 33.4. The minimum atomic E-state index is 0.317. The molecule has 0 aliphatic carbocycles. The molecule has 2 N–H and O–H groups in total. The average molecular weight is 665 g/mol. The van der Waals surface area contributed by atoms with Crippen molar-refractivity contribution in [3.63, 3.8) is 0 Å². The molecule has 2 rings (SSSR count). The molecule has 0 heterocycles. The Kier molecular flexibility index (Phi) is 20.9. The molecule has 0 amide bonds. The molecule has 2 aromatic rings. The molecule has 2 nitrogen and oxygen atoms in total. The Morgan fingerprint density at radius 2 is 0.708 bits per heavy atom. The molecule has 0 spiro atoms. The van der Waals surface area contributed by atoms with Crippen LogP contribution in [0.15, 0.2) is 24.3 Å². The number of rotatable bonds is 27. The average Bonchev–Trinajstić information content (AvgIpc) is 3.03. The number of benzene rings is 2. The SMILES string of the molecule is Cc1c(CCC(C)CCCC(C)CCCC(C)CCCC(C)CCCC(C)CCCC(C)CCCC(C)C)c(O)c2ccccc2c1O. The van der Waals surface area contributed by atoms with Gasteiger partial charge in [0.25, 0.3) is 0 Å². The Bertz CT molecular complexity index is 1120. The van der Waals surface area contributed by atoms with Gasteiger partial charge in [0.05, 0.1) is 0 Å². The van der Waals surface area contributed by atoms with Crippen molar-refractivity contribution in [1.29, 1.82) is 0 Å². The summed E-state index contributed by atoms with van der Waals surface area (Å²) < 4.78 is 0. The normalized spacial score (nSPS) is 15.9. The zero-order valence-electron chi connectivity index (χ0n) is 33.4. The summed E-state index contributed by atoms with van der Waals surface area (Å²) in [5, 5.41) is 23.1. The first kappa shape index (κ1) is 42.5. The summed E-state index contributed by atoms with van der Waals surface area (Å²) in [5.41, 5.74) is 1.74. The van der Waals surface area contributed by atoms with Gasteiger partial charge in [0.2, 0.25) is 0 Å². The van der Waals surface area contributed by atoms with Crippen molar-refractivity contribution in [3.05, 3.63) is 35.4 Å². The minimum absolute atomic E-state index is 0.317. The molecule has 6 unspecified atom stereocenters. The van der Waals surface area contributed by atoms with Crippen molar-refractivity contribution in [3.8, 4) is 11.5 Å². The van der Waals surface area contributed by atoms with Crippen molar-refractivity contribution >= 4 is 10.8 Å². The van der Waals surface area contributed by atoms with Gasteiger partial charge in [0.15, 0.2) is 0 Å². The predicted octanol–water partition coefficient (Wildman–Crippen LogP) is 15.0. The maximum Gasteiger partial charge on any atom is 0.127 e. The molecule has 276 valence electrons. The molecule has 0 aliphatic heterocycles. The number of fused-ring (bicyclic) bond motifs is 1. The van der Waals surface area contributed by atoms with Gasteiger partial charge >= 0.3 is 0 Å². The summed E-state index contributed by atoms with van der Waals surface area (Å²) in [5.74, 6) is 6.55. The smallest absolute Gasteiger partial charge is 0.127 e. The van der Waals surface area contributed by atoms with Crippen LogP contribution in [0.5, 0.6) is 11.5 Å². The van der Waals surface area contributed by atoms with Crippen LogP contribution in [0.3, 0.4) is 0 Å². The van der Waals surface area contributed by atoms with Gasteiger partial charge < -0.3 is 10.2 Å². The third-order valence-corrected chi connectivity index (χ3v) is 11.9. The second kappa shape index (κ2) is 23.7. The van der Waals surface area contributed by atoms with Gasteiger partial charge in [-0.05, 0) is 66.8 Å². The number of phenols is 2. The van der Waals surface area contributed by atoms with Crippen molar-refractivity contribution in [2.45, 2.75) is 191 Å². The number of aromatic hydroxyl groups is 2. The summed E-state index contributed by atoms with van der Waals surface area (Å²) in [6.07, 6.45) is 27.0. The molecule has 48 heavy (non-hydrogen) atoms. The second-order valence-electron chi connectivity index (χ2n) is 17.5. The number of hydrogen-bond acceptors (Lipinski definition) is 2. The Morgan fingerprint density at radius 1 is 0.417 bits per heavy atom. The van der Waals surface area contributed by atoms with Gasteiger partial charge in [-0.25, -0.2) is 0 Å². The van der Waals surface area contributed by atoms with E-state index in [9.17, 15) is 10.2 Å². The van der Waals surface area contributed by atoms with E-state index in [1.54, 1.807) is 0 Å². The van der Waals surface area contributed by atoms with Crippen LogP contribution in [0.4, 0.5) is 0 Å². The largest absolute Gasteiger partial charge is 0.507 e. The number of phenolic OH excluding ortho intramolecular Hbond substituents is 2. The topological polar surface area (TPSA) is 40.5 Å². The number of hydrogen-bond donors (Lipinski definition) is 2. The molecule has 2 aromatic carbocycles. The predicted molar refractivity (Wildman–Crippen MR) is 213 cm³/mol. The summed E-state index contributed by atoms with van der Waals surface area (Å²) in [6, 6.07) is 7.62. The maximum absolute atomic E-state index is 10.9. The third-order valence-electron chi connectivity index (χ3n) is 11.9. The highest BCUT2D eigenvalue weighted by Crippen LogP contribution is 2.40. The van der Waals surface area contributed by atoms with Gasteiger partial charge in [-0.1, -0.05) is 195 Å². The fourth-order valence-corrected chi connectivity index (χ4v) is 8.09.